The average molecular weight is 689 g/mol. The maximum atomic E-state index is 13.1. The summed E-state index contributed by atoms with van der Waals surface area (Å²) in [7, 11) is -2.10. The smallest absolute Gasteiger partial charge is 0.424 e. The van der Waals surface area contributed by atoms with E-state index in [0.29, 0.717) is 45.7 Å². The molecule has 1 saturated heterocycles. The van der Waals surface area contributed by atoms with E-state index in [4.69, 9.17) is 18.6 Å². The van der Waals surface area contributed by atoms with E-state index in [1.54, 1.807) is 5.01 Å². The lowest BCUT2D eigenvalue weighted by molar-refractivity contribution is -0.133. The number of hydrogen-bond acceptors (Lipinski definition) is 7. The first-order valence-corrected chi connectivity index (χ1v) is 20.7. The van der Waals surface area contributed by atoms with E-state index >= 15 is 0 Å². The molecule has 1 heterocycles. The number of nitrogens with one attached hydrogen (secondary N) is 1. The minimum absolute atomic E-state index is 0.0140. The summed E-state index contributed by atoms with van der Waals surface area (Å²) in [6.45, 7) is 13.0. The Morgan fingerprint density at radius 2 is 1.35 bits per heavy atom. The molecule has 3 aromatic carbocycles. The highest BCUT2D eigenvalue weighted by Crippen LogP contribution is 2.39. The summed E-state index contributed by atoms with van der Waals surface area (Å²) in [5, 5.41) is 12.5. The van der Waals surface area contributed by atoms with Crippen LogP contribution < -0.4 is 5.43 Å². The molecular weight excluding hydrogens is 633 g/mol. The zero-order valence-electron chi connectivity index (χ0n) is 29.9. The van der Waals surface area contributed by atoms with Crippen molar-refractivity contribution in [1.29, 1.82) is 0 Å². The second-order valence-corrected chi connectivity index (χ2v) is 20.1. The van der Waals surface area contributed by atoms with Crippen molar-refractivity contribution in [3.63, 3.8) is 0 Å². The molecule has 1 aliphatic heterocycles. The number of hydrogen-bond donors (Lipinski definition) is 2. The summed E-state index contributed by atoms with van der Waals surface area (Å²) >= 11 is 0. The van der Waals surface area contributed by atoms with Crippen molar-refractivity contribution >= 4 is 14.4 Å². The molecule has 1 amide bonds. The Bertz CT molecular complexity index is 1420. The molecule has 1 aliphatic carbocycles. The molecule has 5 rings (SSSR count). The van der Waals surface area contributed by atoms with Crippen molar-refractivity contribution in [1.82, 2.24) is 10.4 Å². The molecule has 0 aromatic heterocycles. The number of aliphatic hydroxyl groups excluding tert-OH is 1. The zero-order chi connectivity index (χ0) is 34.9. The lowest BCUT2D eigenvalue weighted by Gasteiger charge is -2.43. The molecule has 9 heteroatoms. The predicted molar refractivity (Wildman–Crippen MR) is 195 cm³/mol. The van der Waals surface area contributed by atoms with Crippen LogP contribution in [0.5, 0.6) is 0 Å². The third-order valence-electron chi connectivity index (χ3n) is 10.6. The number of nitrogens with zero attached hydrogens (tertiary/aromatic N) is 1. The molecule has 2 aliphatic rings. The van der Waals surface area contributed by atoms with Gasteiger partial charge in [-0.15, -0.1) is 0 Å². The van der Waals surface area contributed by atoms with Gasteiger partial charge in [0.25, 0.3) is 0 Å². The minimum atomic E-state index is -2.10. The fourth-order valence-electron chi connectivity index (χ4n) is 6.60. The van der Waals surface area contributed by atoms with Crippen LogP contribution in [0.15, 0.2) is 91.0 Å². The Morgan fingerprint density at radius 1 is 0.837 bits per heavy atom. The number of aliphatic hydroxyl groups is 1. The Hall–Kier alpha value is -3.05. The number of rotatable bonds is 16. The van der Waals surface area contributed by atoms with E-state index in [-0.39, 0.29) is 53.9 Å². The minimum Gasteiger partial charge on any atom is -0.446 e. The van der Waals surface area contributed by atoms with Crippen molar-refractivity contribution < 1.29 is 28.5 Å². The molecule has 49 heavy (non-hydrogen) atoms. The summed E-state index contributed by atoms with van der Waals surface area (Å²) in [4.78, 5) is 13.1. The lowest BCUT2D eigenvalue weighted by atomic mass is 9.74. The van der Waals surface area contributed by atoms with Gasteiger partial charge >= 0.3 is 6.09 Å². The third kappa shape index (κ3) is 10.5. The SMILES string of the molecule is CC(C)(C)[Si](C)(C)OC[C@H](C[C@@H]1C[C@@H](OCc2ccccc2)[C@H](OCc2ccccc2)C[C@H]1CO)NN1C(=O)OC[C@@H]1Cc1ccccc1. The van der Waals surface area contributed by atoms with Crippen molar-refractivity contribution in [2.75, 3.05) is 19.8 Å². The highest BCUT2D eigenvalue weighted by Gasteiger charge is 2.42. The summed E-state index contributed by atoms with van der Waals surface area (Å²) in [5.41, 5.74) is 6.96. The van der Waals surface area contributed by atoms with E-state index in [0.717, 1.165) is 23.1 Å². The van der Waals surface area contributed by atoms with Crippen LogP contribution in [-0.4, -0.2) is 68.6 Å². The van der Waals surface area contributed by atoms with Crippen molar-refractivity contribution in [2.24, 2.45) is 11.8 Å². The van der Waals surface area contributed by atoms with Crippen molar-refractivity contribution in [3.8, 4) is 0 Å². The Morgan fingerprint density at radius 3 is 1.86 bits per heavy atom. The van der Waals surface area contributed by atoms with Crippen LogP contribution in [0.25, 0.3) is 0 Å². The van der Waals surface area contributed by atoms with Gasteiger partial charge in [0, 0.05) is 12.6 Å². The highest BCUT2D eigenvalue weighted by molar-refractivity contribution is 6.74. The first-order chi connectivity index (χ1) is 23.5. The van der Waals surface area contributed by atoms with Gasteiger partial charge in [-0.3, -0.25) is 0 Å². The normalized spacial score (nSPS) is 23.8. The molecule has 3 aromatic rings. The Kier molecular flexibility index (Phi) is 13.1. The average Bonchev–Trinajstić information content (AvgIpc) is 3.44. The molecule has 0 spiro atoms. The van der Waals surface area contributed by atoms with E-state index in [9.17, 15) is 9.90 Å². The third-order valence-corrected chi connectivity index (χ3v) is 15.1. The van der Waals surface area contributed by atoms with Crippen LogP contribution in [0.2, 0.25) is 18.1 Å². The fraction of sp³-hybridized carbons (Fsp3) is 0.525. The van der Waals surface area contributed by atoms with E-state index in [1.807, 2.05) is 54.6 Å². The first-order valence-electron chi connectivity index (χ1n) is 17.8. The molecule has 1 saturated carbocycles. The van der Waals surface area contributed by atoms with Crippen LogP contribution in [0.3, 0.4) is 0 Å². The van der Waals surface area contributed by atoms with Gasteiger partial charge in [0.05, 0.1) is 38.1 Å². The predicted octanol–water partition coefficient (Wildman–Crippen LogP) is 7.52. The number of cyclic esters (lactones) is 1. The lowest BCUT2D eigenvalue weighted by Crippen LogP contribution is -2.55. The van der Waals surface area contributed by atoms with E-state index in [2.05, 4.69) is 75.7 Å². The number of carbonyl (C=O) groups excluding carboxylic acids is 1. The number of carbonyl (C=O) groups is 1. The molecule has 0 unspecified atom stereocenters. The van der Waals surface area contributed by atoms with Crippen molar-refractivity contribution in [2.45, 2.75) is 102 Å². The standard InChI is InChI=1S/C40H56N2O6Si/c1-40(2,3)49(4,5)48-28-35(41-42-36(29-47-39(42)44)21-30-15-9-6-10-16-30)22-33-23-37(45-26-31-17-11-7-12-18-31)38(24-34(33)25-43)46-27-32-19-13-8-14-20-32/h6-20,33-38,41,43H,21-29H2,1-5H3/t33-,34+,35+,36+,37-,38-/m1/s1. The second kappa shape index (κ2) is 17.2. The summed E-state index contributed by atoms with van der Waals surface area (Å²) in [5.74, 6) is 0.134. The van der Waals surface area contributed by atoms with Gasteiger partial charge in [-0.1, -0.05) is 112 Å². The number of ether oxygens (including phenoxy) is 3. The fourth-order valence-corrected chi connectivity index (χ4v) is 7.65. The van der Waals surface area contributed by atoms with Crippen LogP contribution in [-0.2, 0) is 38.3 Å². The zero-order valence-corrected chi connectivity index (χ0v) is 30.9. The van der Waals surface area contributed by atoms with Gasteiger partial charge in [0.2, 0.25) is 0 Å². The number of hydrazine groups is 1. The molecule has 6 atom stereocenters. The Labute approximate surface area is 294 Å². The number of amides is 1. The monoisotopic (exact) mass is 688 g/mol. The van der Waals surface area contributed by atoms with Crippen LogP contribution >= 0.6 is 0 Å². The highest BCUT2D eigenvalue weighted by atomic mass is 28.4. The molecule has 0 radical (unpaired) electrons. The second-order valence-electron chi connectivity index (χ2n) is 15.3. The summed E-state index contributed by atoms with van der Waals surface area (Å²) < 4.78 is 25.5. The number of benzene rings is 3. The van der Waals surface area contributed by atoms with Gasteiger partial charge in [-0.25, -0.2) is 15.2 Å². The van der Waals surface area contributed by atoms with Gasteiger partial charge < -0.3 is 23.7 Å². The van der Waals surface area contributed by atoms with Crippen molar-refractivity contribution in [3.05, 3.63) is 108 Å². The molecule has 2 N–H and O–H groups in total. The van der Waals surface area contributed by atoms with Crippen LogP contribution in [0, 0.1) is 11.8 Å². The molecular formula is C40H56N2O6Si. The largest absolute Gasteiger partial charge is 0.446 e. The maximum Gasteiger partial charge on any atom is 0.424 e. The topological polar surface area (TPSA) is 89.5 Å². The molecule has 266 valence electrons. The maximum absolute atomic E-state index is 13.1. The van der Waals surface area contributed by atoms with Gasteiger partial charge in [0.15, 0.2) is 8.32 Å². The van der Waals surface area contributed by atoms with Crippen LogP contribution in [0.1, 0.15) is 56.7 Å². The Balaban J connectivity index is 1.34. The van der Waals surface area contributed by atoms with Gasteiger partial charge in [0.1, 0.15) is 6.61 Å². The summed E-state index contributed by atoms with van der Waals surface area (Å²) in [6.07, 6.45) is 2.14. The van der Waals surface area contributed by atoms with E-state index in [1.165, 1.54) is 0 Å². The van der Waals surface area contributed by atoms with E-state index < -0.39 is 8.32 Å². The van der Waals surface area contributed by atoms with Crippen LogP contribution in [0.4, 0.5) is 4.79 Å². The summed E-state index contributed by atoms with van der Waals surface area (Å²) in [6, 6.07) is 30.3. The molecule has 8 nitrogen and oxygen atoms in total. The van der Waals surface area contributed by atoms with Gasteiger partial charge in [-0.05, 0) is 72.3 Å². The molecule has 2 fully saturated rings. The van der Waals surface area contributed by atoms with Gasteiger partial charge in [-0.2, -0.15) is 0 Å². The molecule has 0 bridgehead atoms. The first kappa shape index (κ1) is 37.2. The quantitative estimate of drug-likeness (QED) is 0.151.